The number of halogens is 4. The van der Waals surface area contributed by atoms with Crippen LogP contribution < -0.4 is 0 Å². The second-order valence-electron chi connectivity index (χ2n) is 6.90. The molecule has 4 rings (SSSR count). The molecule has 0 spiro atoms. The minimum absolute atomic E-state index is 0.0216. The van der Waals surface area contributed by atoms with Crippen LogP contribution in [0.3, 0.4) is 0 Å². The van der Waals surface area contributed by atoms with Crippen molar-refractivity contribution in [2.75, 3.05) is 0 Å². The van der Waals surface area contributed by atoms with E-state index in [2.05, 4.69) is 21.0 Å². The summed E-state index contributed by atoms with van der Waals surface area (Å²) in [5.74, 6) is 1.58. The number of nitrogens with zero attached hydrogens (tertiary/aromatic N) is 4. The molecule has 4 nitrogen and oxygen atoms in total. The van der Waals surface area contributed by atoms with Gasteiger partial charge >= 0.3 is 6.18 Å². The molecular formula is C20H18ClF3N4. The van der Waals surface area contributed by atoms with Crippen LogP contribution in [0.1, 0.15) is 37.6 Å². The number of imidazole rings is 1. The SMILES string of the molecule is CCc1nc2c(-c3ccc(C(F)(F)F)cc3Cl)ncnc2n1C=CCC1CC1. The van der Waals surface area contributed by atoms with Gasteiger partial charge in [0.15, 0.2) is 5.65 Å². The molecule has 1 saturated carbocycles. The molecule has 28 heavy (non-hydrogen) atoms. The minimum atomic E-state index is -4.45. The number of benzene rings is 1. The zero-order valence-electron chi connectivity index (χ0n) is 15.2. The molecule has 0 atom stereocenters. The Kier molecular flexibility index (Phi) is 4.87. The normalized spacial score (nSPS) is 15.0. The van der Waals surface area contributed by atoms with Gasteiger partial charge in [0.1, 0.15) is 23.4 Å². The fraction of sp³-hybridized carbons (Fsp3) is 0.350. The Morgan fingerprint density at radius 3 is 2.68 bits per heavy atom. The smallest absolute Gasteiger partial charge is 0.288 e. The molecule has 0 N–H and O–H groups in total. The van der Waals surface area contributed by atoms with Gasteiger partial charge < -0.3 is 0 Å². The van der Waals surface area contributed by atoms with Gasteiger partial charge in [-0.2, -0.15) is 13.2 Å². The molecule has 2 heterocycles. The molecule has 8 heteroatoms. The molecule has 146 valence electrons. The predicted octanol–water partition coefficient (Wildman–Crippen LogP) is 6.00. The van der Waals surface area contributed by atoms with E-state index in [1.807, 2.05) is 17.7 Å². The van der Waals surface area contributed by atoms with Crippen molar-refractivity contribution in [1.29, 1.82) is 0 Å². The minimum Gasteiger partial charge on any atom is -0.288 e. The Hall–Kier alpha value is -2.41. The number of hydrogen-bond donors (Lipinski definition) is 0. The van der Waals surface area contributed by atoms with E-state index in [0.717, 1.165) is 30.3 Å². The first-order valence-corrected chi connectivity index (χ1v) is 9.52. The Labute approximate surface area is 165 Å². The fourth-order valence-corrected chi connectivity index (χ4v) is 3.42. The lowest BCUT2D eigenvalue weighted by atomic mass is 10.1. The summed E-state index contributed by atoms with van der Waals surface area (Å²) < 4.78 is 40.7. The monoisotopic (exact) mass is 406 g/mol. The predicted molar refractivity (Wildman–Crippen MR) is 103 cm³/mol. The van der Waals surface area contributed by atoms with Gasteiger partial charge in [-0.05, 0) is 37.3 Å². The zero-order valence-corrected chi connectivity index (χ0v) is 15.9. The summed E-state index contributed by atoms with van der Waals surface area (Å²) in [6, 6.07) is 3.25. The Morgan fingerprint density at radius 2 is 2.04 bits per heavy atom. The molecule has 0 saturated heterocycles. The van der Waals surface area contributed by atoms with E-state index in [1.54, 1.807) is 0 Å². The Bertz CT molecular complexity index is 1050. The summed E-state index contributed by atoms with van der Waals surface area (Å²) in [6.45, 7) is 1.99. The molecule has 0 unspecified atom stereocenters. The molecule has 0 bridgehead atoms. The highest BCUT2D eigenvalue weighted by atomic mass is 35.5. The molecule has 2 aromatic heterocycles. The molecule has 1 aromatic carbocycles. The number of aryl methyl sites for hydroxylation is 1. The average molecular weight is 407 g/mol. The van der Waals surface area contributed by atoms with E-state index >= 15 is 0 Å². The van der Waals surface area contributed by atoms with Gasteiger partial charge in [-0.1, -0.05) is 30.7 Å². The molecule has 0 aliphatic heterocycles. The molecular weight excluding hydrogens is 389 g/mol. The van der Waals surface area contributed by atoms with Crippen molar-refractivity contribution in [3.8, 4) is 11.3 Å². The van der Waals surface area contributed by atoms with E-state index in [0.29, 0.717) is 28.8 Å². The third-order valence-electron chi connectivity index (χ3n) is 4.84. The van der Waals surface area contributed by atoms with Crippen molar-refractivity contribution in [3.63, 3.8) is 0 Å². The van der Waals surface area contributed by atoms with Crippen LogP contribution in [0.15, 0.2) is 30.6 Å². The lowest BCUT2D eigenvalue weighted by molar-refractivity contribution is -0.137. The first kappa shape index (κ1) is 18.9. The first-order valence-electron chi connectivity index (χ1n) is 9.14. The maximum atomic E-state index is 12.9. The Morgan fingerprint density at radius 1 is 1.25 bits per heavy atom. The van der Waals surface area contributed by atoms with Crippen LogP contribution in [0.2, 0.25) is 5.02 Å². The fourth-order valence-electron chi connectivity index (χ4n) is 3.15. The van der Waals surface area contributed by atoms with Crippen molar-refractivity contribution in [3.05, 3.63) is 47.0 Å². The number of fused-ring (bicyclic) bond motifs is 1. The maximum Gasteiger partial charge on any atom is 0.416 e. The largest absolute Gasteiger partial charge is 0.416 e. The van der Waals surface area contributed by atoms with Crippen LogP contribution in [0.4, 0.5) is 13.2 Å². The van der Waals surface area contributed by atoms with Crippen LogP contribution in [0.5, 0.6) is 0 Å². The van der Waals surface area contributed by atoms with Gasteiger partial charge in [-0.3, -0.25) is 4.57 Å². The van der Waals surface area contributed by atoms with Crippen LogP contribution in [0, 0.1) is 5.92 Å². The number of aromatic nitrogens is 4. The lowest BCUT2D eigenvalue weighted by Gasteiger charge is -2.10. The topological polar surface area (TPSA) is 43.6 Å². The van der Waals surface area contributed by atoms with Crippen molar-refractivity contribution in [2.24, 2.45) is 5.92 Å². The molecule has 1 aliphatic rings. The quantitative estimate of drug-likeness (QED) is 0.522. The maximum absolute atomic E-state index is 12.9. The number of allylic oxidation sites excluding steroid dienone is 1. The van der Waals surface area contributed by atoms with Crippen LogP contribution in [-0.4, -0.2) is 19.5 Å². The third-order valence-corrected chi connectivity index (χ3v) is 5.15. The summed E-state index contributed by atoms with van der Waals surface area (Å²) in [5, 5.41) is -0.0216. The van der Waals surface area contributed by atoms with Gasteiger partial charge in [0.2, 0.25) is 0 Å². The highest BCUT2D eigenvalue weighted by Crippen LogP contribution is 2.37. The highest BCUT2D eigenvalue weighted by Gasteiger charge is 2.31. The van der Waals surface area contributed by atoms with Crippen LogP contribution >= 0.6 is 11.6 Å². The second-order valence-corrected chi connectivity index (χ2v) is 7.31. The summed E-state index contributed by atoms with van der Waals surface area (Å²) in [7, 11) is 0. The van der Waals surface area contributed by atoms with Crippen molar-refractivity contribution in [1.82, 2.24) is 19.5 Å². The van der Waals surface area contributed by atoms with Crippen molar-refractivity contribution < 1.29 is 13.2 Å². The molecule has 1 fully saturated rings. The van der Waals surface area contributed by atoms with E-state index in [4.69, 9.17) is 11.6 Å². The highest BCUT2D eigenvalue weighted by molar-refractivity contribution is 6.33. The molecule has 0 amide bonds. The number of rotatable bonds is 5. The second kappa shape index (κ2) is 7.20. The zero-order chi connectivity index (χ0) is 19.9. The molecule has 0 radical (unpaired) electrons. The summed E-state index contributed by atoms with van der Waals surface area (Å²) in [5.41, 5.74) is 1.17. The van der Waals surface area contributed by atoms with Crippen molar-refractivity contribution >= 4 is 29.0 Å². The summed E-state index contributed by atoms with van der Waals surface area (Å²) in [6.07, 6.45) is 5.27. The van der Waals surface area contributed by atoms with E-state index in [1.165, 1.54) is 25.2 Å². The van der Waals surface area contributed by atoms with Gasteiger partial charge in [0.05, 0.1) is 10.6 Å². The standard InChI is InChI=1S/C20H18ClF3N4/c1-2-16-27-18-17(14-8-7-13(10-15(14)21)20(22,23)24)25-11-26-19(18)28(16)9-3-4-12-5-6-12/h3,7-12H,2,4-6H2,1H3. The van der Waals surface area contributed by atoms with Gasteiger partial charge in [-0.15, -0.1) is 0 Å². The van der Waals surface area contributed by atoms with Gasteiger partial charge in [0.25, 0.3) is 0 Å². The lowest BCUT2D eigenvalue weighted by Crippen LogP contribution is -2.04. The first-order chi connectivity index (χ1) is 13.4. The van der Waals surface area contributed by atoms with Crippen LogP contribution in [0.25, 0.3) is 28.6 Å². The summed E-state index contributed by atoms with van der Waals surface area (Å²) in [4.78, 5) is 13.3. The van der Waals surface area contributed by atoms with Gasteiger partial charge in [0, 0.05) is 18.2 Å². The van der Waals surface area contributed by atoms with Gasteiger partial charge in [-0.25, -0.2) is 15.0 Å². The molecule has 1 aliphatic carbocycles. The number of alkyl halides is 3. The van der Waals surface area contributed by atoms with Crippen LogP contribution in [-0.2, 0) is 12.6 Å². The van der Waals surface area contributed by atoms with E-state index in [-0.39, 0.29) is 5.02 Å². The molecule has 3 aromatic rings. The summed E-state index contributed by atoms with van der Waals surface area (Å²) >= 11 is 6.17. The van der Waals surface area contributed by atoms with E-state index in [9.17, 15) is 13.2 Å². The third kappa shape index (κ3) is 3.63. The number of hydrogen-bond acceptors (Lipinski definition) is 3. The average Bonchev–Trinajstić information content (AvgIpc) is 3.41. The Balaban J connectivity index is 1.80. The van der Waals surface area contributed by atoms with Crippen molar-refractivity contribution in [2.45, 2.75) is 38.8 Å². The van der Waals surface area contributed by atoms with E-state index < -0.39 is 11.7 Å².